The van der Waals surface area contributed by atoms with E-state index in [9.17, 15) is 18.0 Å². The van der Waals surface area contributed by atoms with E-state index in [4.69, 9.17) is 4.52 Å². The van der Waals surface area contributed by atoms with Gasteiger partial charge < -0.3 is 15.2 Å². The molecule has 0 saturated carbocycles. The number of hydrogen-bond acceptors (Lipinski definition) is 7. The number of hydrogen-bond donors (Lipinski definition) is 2. The molecule has 0 aliphatic carbocycles. The molecule has 31 heavy (non-hydrogen) atoms. The molecule has 2 atom stereocenters. The van der Waals surface area contributed by atoms with Crippen LogP contribution in [0.1, 0.15) is 23.9 Å². The van der Waals surface area contributed by atoms with Crippen LogP contribution in [-0.2, 0) is 6.18 Å². The number of nitrogens with zero attached hydrogens (tertiary/aromatic N) is 5. The molecule has 0 radical (unpaired) electrons. The number of rotatable bonds is 4. The van der Waals surface area contributed by atoms with Crippen molar-refractivity contribution in [1.29, 1.82) is 0 Å². The van der Waals surface area contributed by atoms with Crippen molar-refractivity contribution in [2.24, 2.45) is 0 Å². The van der Waals surface area contributed by atoms with Gasteiger partial charge in [-0.1, -0.05) is 11.2 Å². The summed E-state index contributed by atoms with van der Waals surface area (Å²) in [6, 6.07) is 3.38. The molecule has 2 unspecified atom stereocenters. The Kier molecular flexibility index (Phi) is 5.55. The fourth-order valence-corrected chi connectivity index (χ4v) is 3.41. The van der Waals surface area contributed by atoms with Gasteiger partial charge in [0.2, 0.25) is 11.7 Å². The van der Waals surface area contributed by atoms with Crippen LogP contribution >= 0.6 is 0 Å². The fraction of sp³-hybridized carbons (Fsp3) is 0.316. The normalized spacial score (nSPS) is 19.4. The van der Waals surface area contributed by atoms with E-state index in [1.165, 1.54) is 30.7 Å². The summed E-state index contributed by atoms with van der Waals surface area (Å²) in [5.41, 5.74) is -0.296. The summed E-state index contributed by atoms with van der Waals surface area (Å²) in [6.07, 6.45) is 0.597. The number of halogens is 3. The minimum Gasteiger partial charge on any atom is -0.337 e. The Hall–Kier alpha value is -3.54. The van der Waals surface area contributed by atoms with Crippen LogP contribution in [-0.4, -0.2) is 50.7 Å². The number of likely N-dealkylation sites (tertiary alicyclic amines) is 1. The first-order chi connectivity index (χ1) is 14.8. The third-order valence-corrected chi connectivity index (χ3v) is 4.85. The van der Waals surface area contributed by atoms with Crippen molar-refractivity contribution in [3.63, 3.8) is 0 Å². The maximum absolute atomic E-state index is 12.8. The van der Waals surface area contributed by atoms with Crippen LogP contribution in [0.2, 0.25) is 0 Å². The molecule has 1 aromatic carbocycles. The van der Waals surface area contributed by atoms with Crippen molar-refractivity contribution in [3.8, 4) is 11.5 Å². The molecular weight excluding hydrogens is 415 g/mol. The SMILES string of the molecule is CN1CC(NC(=O)Nc2cccc(C(F)(F)F)c2)CC1c1nc(-c2cnccn2)no1. The van der Waals surface area contributed by atoms with Gasteiger partial charge in [-0.25, -0.2) is 9.78 Å². The highest BCUT2D eigenvalue weighted by atomic mass is 19.4. The van der Waals surface area contributed by atoms with Crippen LogP contribution in [0.15, 0.2) is 47.4 Å². The Bertz CT molecular complexity index is 1060. The van der Waals surface area contributed by atoms with Crippen LogP contribution in [0, 0.1) is 0 Å². The highest BCUT2D eigenvalue weighted by Gasteiger charge is 2.35. The highest BCUT2D eigenvalue weighted by Crippen LogP contribution is 2.32. The lowest BCUT2D eigenvalue weighted by Crippen LogP contribution is -2.39. The van der Waals surface area contributed by atoms with E-state index in [1.807, 2.05) is 11.9 Å². The zero-order chi connectivity index (χ0) is 22.0. The number of amides is 2. The summed E-state index contributed by atoms with van der Waals surface area (Å²) in [7, 11) is 1.85. The van der Waals surface area contributed by atoms with Gasteiger partial charge in [-0.05, 0) is 31.7 Å². The van der Waals surface area contributed by atoms with Crippen molar-refractivity contribution >= 4 is 11.7 Å². The van der Waals surface area contributed by atoms with Crippen LogP contribution in [0.25, 0.3) is 11.5 Å². The van der Waals surface area contributed by atoms with E-state index in [1.54, 1.807) is 0 Å². The van der Waals surface area contributed by atoms with E-state index >= 15 is 0 Å². The molecule has 0 spiro atoms. The van der Waals surface area contributed by atoms with Gasteiger partial charge >= 0.3 is 12.2 Å². The molecule has 1 saturated heterocycles. The van der Waals surface area contributed by atoms with Crippen LogP contribution < -0.4 is 10.6 Å². The average Bonchev–Trinajstić information content (AvgIpc) is 3.35. The highest BCUT2D eigenvalue weighted by molar-refractivity contribution is 5.89. The number of carbonyl (C=O) groups excluding carboxylic acids is 1. The smallest absolute Gasteiger partial charge is 0.337 e. The molecule has 2 N–H and O–H groups in total. The Morgan fingerprint density at radius 3 is 2.87 bits per heavy atom. The monoisotopic (exact) mass is 433 g/mol. The number of anilines is 1. The molecule has 0 bridgehead atoms. The molecule has 3 aromatic rings. The van der Waals surface area contributed by atoms with E-state index in [0.717, 1.165) is 12.1 Å². The van der Waals surface area contributed by atoms with Gasteiger partial charge in [-0.2, -0.15) is 18.2 Å². The van der Waals surface area contributed by atoms with Crippen molar-refractivity contribution in [1.82, 2.24) is 30.3 Å². The maximum atomic E-state index is 12.8. The van der Waals surface area contributed by atoms with Crippen molar-refractivity contribution < 1.29 is 22.5 Å². The summed E-state index contributed by atoms with van der Waals surface area (Å²) >= 11 is 0. The van der Waals surface area contributed by atoms with E-state index < -0.39 is 17.8 Å². The summed E-state index contributed by atoms with van der Waals surface area (Å²) in [5.74, 6) is 0.695. The van der Waals surface area contributed by atoms with Gasteiger partial charge in [0, 0.05) is 30.7 Å². The van der Waals surface area contributed by atoms with Gasteiger partial charge in [0.25, 0.3) is 0 Å². The topological polar surface area (TPSA) is 109 Å². The lowest BCUT2D eigenvalue weighted by atomic mass is 10.1. The average molecular weight is 433 g/mol. The second-order valence-corrected chi connectivity index (χ2v) is 7.11. The molecule has 1 aliphatic rings. The molecule has 12 heteroatoms. The maximum Gasteiger partial charge on any atom is 0.416 e. The predicted molar refractivity (Wildman–Crippen MR) is 103 cm³/mol. The van der Waals surface area contributed by atoms with Gasteiger partial charge in [-0.3, -0.25) is 9.88 Å². The standard InChI is InChI=1S/C19H18F3N7O2/c1-29-10-13(26-18(30)25-12-4-2-3-11(7-12)19(20,21)22)8-15(29)17-27-16(28-31-17)14-9-23-5-6-24-14/h2-7,9,13,15H,8,10H2,1H3,(H2,25,26,30). The first-order valence-corrected chi connectivity index (χ1v) is 9.34. The largest absolute Gasteiger partial charge is 0.416 e. The van der Waals surface area contributed by atoms with Crippen molar-refractivity contribution in [2.45, 2.75) is 24.7 Å². The Morgan fingerprint density at radius 2 is 2.13 bits per heavy atom. The second kappa shape index (κ2) is 8.30. The molecule has 4 rings (SSSR count). The molecule has 1 aliphatic heterocycles. The third kappa shape index (κ3) is 4.79. The van der Waals surface area contributed by atoms with Crippen molar-refractivity contribution in [3.05, 3.63) is 54.3 Å². The van der Waals surface area contributed by atoms with Crippen molar-refractivity contribution in [2.75, 3.05) is 18.9 Å². The molecular formula is C19H18F3N7O2. The number of benzene rings is 1. The molecule has 2 amide bonds. The van der Waals surface area contributed by atoms with Gasteiger partial charge in [-0.15, -0.1) is 0 Å². The molecule has 3 heterocycles. The number of urea groups is 1. The minimum absolute atomic E-state index is 0.0562. The first-order valence-electron chi connectivity index (χ1n) is 9.34. The summed E-state index contributed by atoms with van der Waals surface area (Å²) in [4.78, 5) is 26.7. The summed E-state index contributed by atoms with van der Waals surface area (Å²) < 4.78 is 43.8. The minimum atomic E-state index is -4.48. The number of aromatic nitrogens is 4. The van der Waals surface area contributed by atoms with E-state index in [0.29, 0.717) is 30.4 Å². The van der Waals surface area contributed by atoms with Gasteiger partial charge in [0.1, 0.15) is 5.69 Å². The molecule has 162 valence electrons. The number of likely N-dealkylation sites (N-methyl/N-ethyl adjacent to an activating group) is 1. The van der Waals surface area contributed by atoms with Crippen LogP contribution in [0.4, 0.5) is 23.7 Å². The zero-order valence-corrected chi connectivity index (χ0v) is 16.3. The molecule has 9 nitrogen and oxygen atoms in total. The summed E-state index contributed by atoms with van der Waals surface area (Å²) in [6.45, 7) is 0.504. The molecule has 1 fully saturated rings. The van der Waals surface area contributed by atoms with E-state index in [-0.39, 0.29) is 17.8 Å². The Labute approximate surface area is 174 Å². The summed E-state index contributed by atoms with van der Waals surface area (Å²) in [5, 5.41) is 9.14. The van der Waals surface area contributed by atoms with Gasteiger partial charge in [0.15, 0.2) is 0 Å². The Morgan fingerprint density at radius 1 is 1.29 bits per heavy atom. The lowest BCUT2D eigenvalue weighted by Gasteiger charge is -2.14. The fourth-order valence-electron chi connectivity index (χ4n) is 3.41. The van der Waals surface area contributed by atoms with Crippen LogP contribution in [0.5, 0.6) is 0 Å². The quantitative estimate of drug-likeness (QED) is 0.651. The predicted octanol–water partition coefficient (Wildman–Crippen LogP) is 3.11. The van der Waals surface area contributed by atoms with Gasteiger partial charge in [0.05, 0.1) is 17.8 Å². The second-order valence-electron chi connectivity index (χ2n) is 7.11. The lowest BCUT2D eigenvalue weighted by molar-refractivity contribution is -0.137. The number of alkyl halides is 3. The number of carbonyl (C=O) groups is 1. The third-order valence-electron chi connectivity index (χ3n) is 4.85. The zero-order valence-electron chi connectivity index (χ0n) is 16.3. The molecule has 2 aromatic heterocycles. The number of nitrogens with one attached hydrogen (secondary N) is 2. The first kappa shape index (κ1) is 20.7. The van der Waals surface area contributed by atoms with E-state index in [2.05, 4.69) is 30.7 Å². The Balaban J connectivity index is 1.37. The van der Waals surface area contributed by atoms with Crippen LogP contribution in [0.3, 0.4) is 0 Å².